The van der Waals surface area contributed by atoms with E-state index < -0.39 is 9.84 Å². The van der Waals surface area contributed by atoms with E-state index in [0.717, 1.165) is 0 Å². The smallest absolute Gasteiger partial charge is 0.226 e. The van der Waals surface area contributed by atoms with Gasteiger partial charge in [0, 0.05) is 18.6 Å². The van der Waals surface area contributed by atoms with Crippen molar-refractivity contribution >= 4 is 21.7 Å². The normalized spacial score (nSPS) is 30.8. The zero-order valence-corrected chi connectivity index (χ0v) is 13.9. The molecule has 0 aromatic carbocycles. The molecule has 1 aliphatic carbocycles. The van der Waals surface area contributed by atoms with Crippen LogP contribution in [0, 0.1) is 11.8 Å². The number of nitrogens with zero attached hydrogens (tertiary/aromatic N) is 1. The van der Waals surface area contributed by atoms with Gasteiger partial charge in [-0.3, -0.25) is 9.59 Å². The summed E-state index contributed by atoms with van der Waals surface area (Å²) in [7, 11) is -1.36. The first-order valence-electron chi connectivity index (χ1n) is 7.29. The number of carbonyl (C=O) groups is 2. The number of hydrogen-bond acceptors (Lipinski definition) is 4. The van der Waals surface area contributed by atoms with Gasteiger partial charge in [-0.2, -0.15) is 0 Å². The second kappa shape index (κ2) is 5.26. The van der Waals surface area contributed by atoms with E-state index in [1.54, 1.807) is 7.05 Å². The van der Waals surface area contributed by atoms with Crippen molar-refractivity contribution in [2.45, 2.75) is 45.2 Å². The van der Waals surface area contributed by atoms with Crippen LogP contribution in [0.4, 0.5) is 0 Å². The summed E-state index contributed by atoms with van der Waals surface area (Å²) in [6.45, 7) is 5.71. The molecule has 0 aromatic rings. The average molecular weight is 316 g/mol. The maximum atomic E-state index is 12.3. The van der Waals surface area contributed by atoms with Crippen LogP contribution < -0.4 is 5.32 Å². The summed E-state index contributed by atoms with van der Waals surface area (Å²) >= 11 is 0. The fourth-order valence-electron chi connectivity index (χ4n) is 2.74. The Bertz CT molecular complexity index is 550. The maximum absolute atomic E-state index is 12.3. The molecule has 6 nitrogen and oxygen atoms in total. The maximum Gasteiger partial charge on any atom is 0.226 e. The van der Waals surface area contributed by atoms with Crippen molar-refractivity contribution in [2.75, 3.05) is 18.6 Å². The second-order valence-corrected chi connectivity index (χ2v) is 9.42. The number of rotatable bonds is 3. The Hall–Kier alpha value is -1.11. The van der Waals surface area contributed by atoms with E-state index in [0.29, 0.717) is 12.8 Å². The van der Waals surface area contributed by atoms with Gasteiger partial charge in [-0.1, -0.05) is 0 Å². The molecule has 1 saturated carbocycles. The van der Waals surface area contributed by atoms with Crippen LogP contribution in [-0.4, -0.2) is 55.3 Å². The zero-order valence-electron chi connectivity index (χ0n) is 13.0. The molecule has 0 spiro atoms. The number of carbonyl (C=O) groups excluding carboxylic acids is 2. The Morgan fingerprint density at radius 3 is 2.29 bits per heavy atom. The lowest BCUT2D eigenvalue weighted by molar-refractivity contribution is -0.135. The molecule has 21 heavy (non-hydrogen) atoms. The van der Waals surface area contributed by atoms with E-state index in [-0.39, 0.29) is 46.7 Å². The molecule has 2 amide bonds. The van der Waals surface area contributed by atoms with E-state index in [4.69, 9.17) is 0 Å². The van der Waals surface area contributed by atoms with Crippen LogP contribution in [0.15, 0.2) is 0 Å². The lowest BCUT2D eigenvalue weighted by Gasteiger charge is -2.24. The first-order valence-corrected chi connectivity index (χ1v) is 9.11. The number of hydrogen-bond donors (Lipinski definition) is 1. The van der Waals surface area contributed by atoms with Crippen molar-refractivity contribution in [3.63, 3.8) is 0 Å². The minimum absolute atomic E-state index is 0.0425. The minimum atomic E-state index is -3.01. The monoisotopic (exact) mass is 316 g/mol. The van der Waals surface area contributed by atoms with Crippen LogP contribution in [0.3, 0.4) is 0 Å². The molecule has 1 saturated heterocycles. The molecular weight excluding hydrogens is 292 g/mol. The lowest BCUT2D eigenvalue weighted by Crippen LogP contribution is -2.43. The average Bonchev–Trinajstić information content (AvgIpc) is 3.04. The number of nitrogens with one attached hydrogen (secondary N) is 1. The van der Waals surface area contributed by atoms with Gasteiger partial charge in [0.15, 0.2) is 9.84 Å². The Kier molecular flexibility index (Phi) is 4.08. The van der Waals surface area contributed by atoms with Crippen molar-refractivity contribution in [1.29, 1.82) is 0 Å². The van der Waals surface area contributed by atoms with Crippen LogP contribution in [0.1, 0.15) is 33.6 Å². The van der Waals surface area contributed by atoms with Gasteiger partial charge in [0.25, 0.3) is 0 Å². The zero-order chi connectivity index (χ0) is 16.0. The molecule has 0 radical (unpaired) electrons. The molecule has 0 bridgehead atoms. The molecule has 1 N–H and O–H groups in total. The Morgan fingerprint density at radius 1 is 1.19 bits per heavy atom. The van der Waals surface area contributed by atoms with Crippen LogP contribution in [0.5, 0.6) is 0 Å². The molecule has 3 atom stereocenters. The molecule has 1 heterocycles. The summed E-state index contributed by atoms with van der Waals surface area (Å²) in [5.74, 6) is -0.563. The summed E-state index contributed by atoms with van der Waals surface area (Å²) in [5, 5.41) is 2.88. The third-order valence-electron chi connectivity index (χ3n) is 4.05. The lowest BCUT2D eigenvalue weighted by atomic mass is 10.1. The molecule has 1 aliphatic heterocycles. The molecule has 2 aliphatic rings. The third kappa shape index (κ3) is 3.96. The fraction of sp³-hybridized carbons (Fsp3) is 0.857. The quantitative estimate of drug-likeness (QED) is 0.805. The summed E-state index contributed by atoms with van der Waals surface area (Å²) in [4.78, 5) is 25.9. The summed E-state index contributed by atoms with van der Waals surface area (Å²) in [6, 6.07) is -0.241. The van der Waals surface area contributed by atoms with Gasteiger partial charge >= 0.3 is 0 Å². The highest BCUT2D eigenvalue weighted by atomic mass is 32.2. The van der Waals surface area contributed by atoms with E-state index in [1.807, 2.05) is 20.8 Å². The highest BCUT2D eigenvalue weighted by Gasteiger charge is 2.50. The van der Waals surface area contributed by atoms with Gasteiger partial charge in [-0.25, -0.2) is 8.42 Å². The summed E-state index contributed by atoms with van der Waals surface area (Å²) in [6.07, 6.45) is 1.06. The first-order chi connectivity index (χ1) is 9.50. The van der Waals surface area contributed by atoms with Gasteiger partial charge in [0.05, 0.1) is 23.3 Å². The Labute approximate surface area is 126 Å². The Morgan fingerprint density at radius 2 is 1.81 bits per heavy atom. The predicted molar refractivity (Wildman–Crippen MR) is 79.3 cm³/mol. The van der Waals surface area contributed by atoms with E-state index in [9.17, 15) is 18.0 Å². The number of amides is 2. The van der Waals surface area contributed by atoms with Crippen molar-refractivity contribution in [1.82, 2.24) is 10.2 Å². The molecule has 2 rings (SSSR count). The van der Waals surface area contributed by atoms with Crippen LogP contribution in [0.25, 0.3) is 0 Å². The highest BCUT2D eigenvalue weighted by molar-refractivity contribution is 7.91. The van der Waals surface area contributed by atoms with Crippen molar-refractivity contribution in [3.05, 3.63) is 0 Å². The topological polar surface area (TPSA) is 83.6 Å². The molecule has 120 valence electrons. The van der Waals surface area contributed by atoms with E-state index >= 15 is 0 Å². The standard InChI is InChI=1S/C14H24N2O4S/c1-14(2,3)15-12(17)10-7-11(10)13(18)16(4)9-5-6-21(19,20)8-9/h9-11H,5-8H2,1-4H3,(H,15,17). The van der Waals surface area contributed by atoms with Gasteiger partial charge in [-0.15, -0.1) is 0 Å². The van der Waals surface area contributed by atoms with E-state index in [1.165, 1.54) is 4.90 Å². The molecule has 2 fully saturated rings. The second-order valence-electron chi connectivity index (χ2n) is 7.19. The molecular formula is C14H24N2O4S. The van der Waals surface area contributed by atoms with Gasteiger partial charge in [0.2, 0.25) is 11.8 Å². The van der Waals surface area contributed by atoms with Crippen LogP contribution in [0.2, 0.25) is 0 Å². The van der Waals surface area contributed by atoms with Crippen molar-refractivity contribution in [2.24, 2.45) is 11.8 Å². The van der Waals surface area contributed by atoms with Crippen molar-refractivity contribution in [3.8, 4) is 0 Å². The van der Waals surface area contributed by atoms with Gasteiger partial charge in [0.1, 0.15) is 0 Å². The highest BCUT2D eigenvalue weighted by Crippen LogP contribution is 2.41. The number of sulfone groups is 1. The first kappa shape index (κ1) is 16.3. The van der Waals surface area contributed by atoms with Crippen LogP contribution >= 0.6 is 0 Å². The largest absolute Gasteiger partial charge is 0.351 e. The molecule has 7 heteroatoms. The Balaban J connectivity index is 1.90. The molecule has 0 aromatic heterocycles. The fourth-order valence-corrected chi connectivity index (χ4v) is 4.52. The summed E-state index contributed by atoms with van der Waals surface area (Å²) < 4.78 is 23.0. The third-order valence-corrected chi connectivity index (χ3v) is 5.80. The van der Waals surface area contributed by atoms with E-state index in [2.05, 4.69) is 5.32 Å². The van der Waals surface area contributed by atoms with Crippen LogP contribution in [-0.2, 0) is 19.4 Å². The predicted octanol–water partition coefficient (Wildman–Crippen LogP) is 0.183. The summed E-state index contributed by atoms with van der Waals surface area (Å²) in [5.41, 5.74) is -0.307. The van der Waals surface area contributed by atoms with Crippen molar-refractivity contribution < 1.29 is 18.0 Å². The van der Waals surface area contributed by atoms with Gasteiger partial charge < -0.3 is 10.2 Å². The minimum Gasteiger partial charge on any atom is -0.351 e. The molecule has 3 unspecified atom stereocenters. The van der Waals surface area contributed by atoms with Gasteiger partial charge in [-0.05, 0) is 33.6 Å². The SMILES string of the molecule is CN(C(=O)C1CC1C(=O)NC(C)(C)C)C1CCS(=O)(=O)C1.